The van der Waals surface area contributed by atoms with Gasteiger partial charge in [0, 0.05) is 28.3 Å². The van der Waals surface area contributed by atoms with E-state index in [1.54, 1.807) is 0 Å². The van der Waals surface area contributed by atoms with E-state index in [-0.39, 0.29) is 0 Å². The Labute approximate surface area is 82.9 Å². The molecule has 13 heavy (non-hydrogen) atoms. The Bertz CT molecular complexity index is 197. The lowest BCUT2D eigenvalue weighted by molar-refractivity contribution is 0.205. The van der Waals surface area contributed by atoms with Crippen LogP contribution in [0.4, 0.5) is 0 Å². The second-order valence-corrected chi connectivity index (χ2v) is 5.92. The molecule has 0 amide bonds. The van der Waals surface area contributed by atoms with E-state index in [9.17, 15) is 4.21 Å². The van der Waals surface area contributed by atoms with Crippen molar-refractivity contribution in [1.82, 2.24) is 5.32 Å². The zero-order chi connectivity index (χ0) is 9.26. The van der Waals surface area contributed by atoms with Gasteiger partial charge in [-0.1, -0.05) is 12.8 Å². The Morgan fingerprint density at radius 2 is 2.00 bits per heavy atom. The molecule has 0 spiro atoms. The van der Waals surface area contributed by atoms with E-state index in [2.05, 4.69) is 5.32 Å². The van der Waals surface area contributed by atoms with E-state index in [0.29, 0.717) is 6.04 Å². The molecule has 0 bridgehead atoms. The third-order valence-corrected chi connectivity index (χ3v) is 5.15. The highest BCUT2D eigenvalue weighted by molar-refractivity contribution is 7.85. The molecule has 0 aromatic rings. The second-order valence-electron chi connectivity index (χ2n) is 4.38. The molecular weight excluding hydrogens is 182 g/mol. The third-order valence-electron chi connectivity index (χ3n) is 3.62. The smallest absolute Gasteiger partial charge is 0.0391 e. The number of rotatable bonds is 1. The maximum atomic E-state index is 11.6. The number of nitrogens with one attached hydrogen (secondary N) is 1. The minimum atomic E-state index is -0.551. The molecule has 4 atom stereocenters. The van der Waals surface area contributed by atoms with E-state index < -0.39 is 10.8 Å². The van der Waals surface area contributed by atoms with Gasteiger partial charge in [-0.05, 0) is 31.7 Å². The van der Waals surface area contributed by atoms with E-state index in [4.69, 9.17) is 0 Å². The minimum Gasteiger partial charge on any atom is -0.316 e. The molecule has 1 saturated heterocycles. The summed E-state index contributed by atoms with van der Waals surface area (Å²) in [6.45, 7) is 0. The summed E-state index contributed by atoms with van der Waals surface area (Å²) in [5.74, 6) is 3.43. The normalized spacial score (nSPS) is 45.6. The van der Waals surface area contributed by atoms with Crippen molar-refractivity contribution in [2.24, 2.45) is 11.8 Å². The minimum absolute atomic E-state index is 0.528. The number of hydrogen-bond donors (Lipinski definition) is 1. The van der Waals surface area contributed by atoms with Gasteiger partial charge in [0.05, 0.1) is 0 Å². The van der Waals surface area contributed by atoms with Crippen LogP contribution in [0.1, 0.15) is 25.7 Å². The van der Waals surface area contributed by atoms with Crippen molar-refractivity contribution in [1.29, 1.82) is 0 Å². The zero-order valence-electron chi connectivity index (χ0n) is 8.29. The summed E-state index contributed by atoms with van der Waals surface area (Å²) in [5.41, 5.74) is 0. The SMILES string of the molecule is CN[C@@H]1CS(=O)CC2CCCCC21. The predicted octanol–water partition coefficient (Wildman–Crippen LogP) is 1.14. The summed E-state index contributed by atoms with van der Waals surface area (Å²) in [7, 11) is 1.46. The van der Waals surface area contributed by atoms with Crippen LogP contribution in [0.5, 0.6) is 0 Å². The molecule has 1 heterocycles. The predicted molar refractivity (Wildman–Crippen MR) is 56.2 cm³/mol. The average Bonchev–Trinajstić information content (AvgIpc) is 2.16. The average molecular weight is 201 g/mol. The standard InChI is InChI=1S/C10H19NOS/c1-11-10-7-13(12)6-8-4-2-3-5-9(8)10/h8-11H,2-7H2,1H3/t8?,9?,10-,13?/m1/s1. The van der Waals surface area contributed by atoms with Crippen LogP contribution in [0, 0.1) is 11.8 Å². The second kappa shape index (κ2) is 4.09. The summed E-state index contributed by atoms with van der Waals surface area (Å²) in [5, 5.41) is 3.34. The molecule has 1 aliphatic heterocycles. The molecule has 3 unspecified atom stereocenters. The van der Waals surface area contributed by atoms with Gasteiger partial charge in [-0.25, -0.2) is 0 Å². The molecule has 2 fully saturated rings. The van der Waals surface area contributed by atoms with Crippen LogP contribution in [0.2, 0.25) is 0 Å². The topological polar surface area (TPSA) is 29.1 Å². The summed E-state index contributed by atoms with van der Waals surface area (Å²) in [6.07, 6.45) is 5.41. The van der Waals surface area contributed by atoms with Gasteiger partial charge in [0.2, 0.25) is 0 Å². The van der Waals surface area contributed by atoms with Gasteiger partial charge in [-0.3, -0.25) is 4.21 Å². The monoisotopic (exact) mass is 201 g/mol. The van der Waals surface area contributed by atoms with Gasteiger partial charge >= 0.3 is 0 Å². The van der Waals surface area contributed by atoms with Crippen molar-refractivity contribution in [3.05, 3.63) is 0 Å². The molecule has 2 nitrogen and oxygen atoms in total. The largest absolute Gasteiger partial charge is 0.316 e. The summed E-state index contributed by atoms with van der Waals surface area (Å²) < 4.78 is 11.6. The van der Waals surface area contributed by atoms with Gasteiger partial charge in [-0.15, -0.1) is 0 Å². The molecular formula is C10H19NOS. The molecule has 3 heteroatoms. The first-order valence-electron chi connectivity index (χ1n) is 5.33. The Hall–Kier alpha value is 0.110. The zero-order valence-corrected chi connectivity index (χ0v) is 9.11. The molecule has 2 aliphatic rings. The Morgan fingerprint density at radius 1 is 1.23 bits per heavy atom. The molecule has 1 aliphatic carbocycles. The van der Waals surface area contributed by atoms with Crippen molar-refractivity contribution in [3.63, 3.8) is 0 Å². The highest BCUT2D eigenvalue weighted by Crippen LogP contribution is 2.36. The molecule has 0 aromatic heterocycles. The van der Waals surface area contributed by atoms with E-state index in [1.165, 1.54) is 25.7 Å². The Balaban J connectivity index is 2.07. The maximum Gasteiger partial charge on any atom is 0.0391 e. The lowest BCUT2D eigenvalue weighted by Gasteiger charge is -2.40. The lowest BCUT2D eigenvalue weighted by Crippen LogP contribution is -2.48. The van der Waals surface area contributed by atoms with E-state index in [0.717, 1.165) is 23.3 Å². The molecule has 76 valence electrons. The van der Waals surface area contributed by atoms with Crippen LogP contribution in [-0.2, 0) is 10.8 Å². The summed E-state index contributed by atoms with van der Waals surface area (Å²) >= 11 is 0. The molecule has 1 saturated carbocycles. The molecule has 1 N–H and O–H groups in total. The first-order valence-corrected chi connectivity index (χ1v) is 6.82. The van der Waals surface area contributed by atoms with Gasteiger partial charge in [0.1, 0.15) is 0 Å². The molecule has 0 radical (unpaired) electrons. The summed E-state index contributed by atoms with van der Waals surface area (Å²) in [4.78, 5) is 0. The lowest BCUT2D eigenvalue weighted by atomic mass is 9.76. The van der Waals surface area contributed by atoms with Crippen molar-refractivity contribution in [2.75, 3.05) is 18.6 Å². The van der Waals surface area contributed by atoms with Gasteiger partial charge < -0.3 is 5.32 Å². The first-order chi connectivity index (χ1) is 6.31. The third kappa shape index (κ3) is 1.96. The number of hydrogen-bond acceptors (Lipinski definition) is 2. The van der Waals surface area contributed by atoms with Crippen molar-refractivity contribution < 1.29 is 4.21 Å². The van der Waals surface area contributed by atoms with Crippen LogP contribution < -0.4 is 5.32 Å². The van der Waals surface area contributed by atoms with E-state index >= 15 is 0 Å². The van der Waals surface area contributed by atoms with Gasteiger partial charge in [-0.2, -0.15) is 0 Å². The fourth-order valence-corrected chi connectivity index (χ4v) is 4.74. The Morgan fingerprint density at radius 3 is 2.77 bits per heavy atom. The van der Waals surface area contributed by atoms with Crippen LogP contribution in [0.3, 0.4) is 0 Å². The fourth-order valence-electron chi connectivity index (χ4n) is 2.90. The van der Waals surface area contributed by atoms with Crippen molar-refractivity contribution in [2.45, 2.75) is 31.7 Å². The highest BCUT2D eigenvalue weighted by atomic mass is 32.2. The van der Waals surface area contributed by atoms with E-state index in [1.807, 2.05) is 7.05 Å². The molecule has 0 aromatic carbocycles. The van der Waals surface area contributed by atoms with Crippen molar-refractivity contribution in [3.8, 4) is 0 Å². The van der Waals surface area contributed by atoms with Crippen molar-refractivity contribution >= 4 is 10.8 Å². The number of fused-ring (bicyclic) bond motifs is 1. The van der Waals surface area contributed by atoms with Gasteiger partial charge in [0.15, 0.2) is 0 Å². The first kappa shape index (κ1) is 9.66. The van der Waals surface area contributed by atoms with Crippen LogP contribution in [0.25, 0.3) is 0 Å². The summed E-state index contributed by atoms with van der Waals surface area (Å²) in [6, 6.07) is 0.528. The highest BCUT2D eigenvalue weighted by Gasteiger charge is 2.36. The fraction of sp³-hybridized carbons (Fsp3) is 1.00. The van der Waals surface area contributed by atoms with Crippen LogP contribution >= 0.6 is 0 Å². The Kier molecular flexibility index (Phi) is 3.04. The molecule has 2 rings (SSSR count). The maximum absolute atomic E-state index is 11.6. The van der Waals surface area contributed by atoms with Crippen LogP contribution in [0.15, 0.2) is 0 Å². The quantitative estimate of drug-likeness (QED) is 0.689. The van der Waals surface area contributed by atoms with Crippen LogP contribution in [-0.4, -0.2) is 28.8 Å². The van der Waals surface area contributed by atoms with Gasteiger partial charge in [0.25, 0.3) is 0 Å².